The molecule has 0 spiro atoms. The van der Waals surface area contributed by atoms with E-state index in [1.807, 2.05) is 27.7 Å². The Morgan fingerprint density at radius 1 is 0.840 bits per heavy atom. The van der Waals surface area contributed by atoms with Gasteiger partial charge in [0.1, 0.15) is 0 Å². The summed E-state index contributed by atoms with van der Waals surface area (Å²) in [5, 5.41) is 0. The van der Waals surface area contributed by atoms with E-state index in [2.05, 4.69) is 20.4 Å². The van der Waals surface area contributed by atoms with Gasteiger partial charge in [-0.3, -0.25) is 0 Å². The van der Waals surface area contributed by atoms with Crippen LogP contribution in [0, 0.1) is 5.92 Å². The summed E-state index contributed by atoms with van der Waals surface area (Å²) in [5.74, 6) is -0.0607. The van der Waals surface area contributed by atoms with Crippen LogP contribution in [0.3, 0.4) is 0 Å². The van der Waals surface area contributed by atoms with Gasteiger partial charge in [-0.25, -0.2) is 0 Å². The van der Waals surface area contributed by atoms with Crippen molar-refractivity contribution >= 4 is 0 Å². The van der Waals surface area contributed by atoms with Crippen LogP contribution in [0.1, 0.15) is 92.9 Å². The van der Waals surface area contributed by atoms with Crippen molar-refractivity contribution in [2.24, 2.45) is 5.92 Å². The molecule has 0 fully saturated rings. The first-order valence-electron chi connectivity index (χ1n) is 10.5. The first-order valence-corrected chi connectivity index (χ1v) is 10.5. The molecular formula is C22H46O3. The molecule has 0 heterocycles. The van der Waals surface area contributed by atoms with Gasteiger partial charge in [0, 0.05) is 32.3 Å². The third-order valence-corrected chi connectivity index (χ3v) is 4.32. The largest absolute Gasteiger partial charge is 0.382 e. The maximum Gasteiger partial charge on any atom is 0.168 e. The fourth-order valence-electron chi connectivity index (χ4n) is 3.06. The number of hydrogen-bond acceptors (Lipinski definition) is 3. The molecule has 1 unspecified atom stereocenters. The first kappa shape index (κ1) is 26.8. The lowest BCUT2D eigenvalue weighted by molar-refractivity contribution is -0.255. The molecule has 0 radical (unpaired) electrons. The van der Waals surface area contributed by atoms with Crippen molar-refractivity contribution in [3.63, 3.8) is 0 Å². The lowest BCUT2D eigenvalue weighted by Gasteiger charge is -2.37. The Morgan fingerprint density at radius 2 is 1.36 bits per heavy atom. The first-order chi connectivity index (χ1) is 12.1. The number of unbranched alkanes of at least 4 members (excludes halogenated alkanes) is 5. The molecule has 0 saturated carbocycles. The van der Waals surface area contributed by atoms with Crippen LogP contribution in [0.25, 0.3) is 0 Å². The molecule has 0 aromatic carbocycles. The second kappa shape index (κ2) is 19.9. The maximum absolute atomic E-state index is 5.98. The molecular weight excluding hydrogens is 312 g/mol. The summed E-state index contributed by atoms with van der Waals surface area (Å²) in [6.07, 6.45) is 11.9. The van der Waals surface area contributed by atoms with Gasteiger partial charge in [-0.15, -0.1) is 6.58 Å². The lowest BCUT2D eigenvalue weighted by Crippen LogP contribution is -2.41. The average Bonchev–Trinajstić information content (AvgIpc) is 2.57. The second-order valence-electron chi connectivity index (χ2n) is 6.53. The fraction of sp³-hybridized carbons (Fsp3) is 0.909. The summed E-state index contributed by atoms with van der Waals surface area (Å²) in [6.45, 7) is 18.7. The van der Waals surface area contributed by atoms with Gasteiger partial charge in [-0.2, -0.15) is 0 Å². The average molecular weight is 359 g/mol. The second-order valence-corrected chi connectivity index (χ2v) is 6.53. The van der Waals surface area contributed by atoms with Crippen LogP contribution >= 0.6 is 0 Å². The minimum absolute atomic E-state index is 0.408. The predicted octanol–water partition coefficient (Wildman–Crippen LogP) is 6.76. The standard InChI is InChI=1S/C19H40O3.C3H6/c1-6-10-11-12-13-14-15-18(16-17-20-7-2)19(5,21-8-3)22-9-4;1-3-2/h18H,6-17H2,1-5H3;3H,1H2,2H3. The monoisotopic (exact) mass is 358 g/mol. The van der Waals surface area contributed by atoms with Crippen LogP contribution in [0.4, 0.5) is 0 Å². The Bertz CT molecular complexity index is 260. The van der Waals surface area contributed by atoms with E-state index in [9.17, 15) is 0 Å². The van der Waals surface area contributed by atoms with E-state index in [1.165, 1.54) is 38.5 Å². The molecule has 0 aliphatic rings. The van der Waals surface area contributed by atoms with E-state index in [4.69, 9.17) is 14.2 Å². The van der Waals surface area contributed by atoms with Gasteiger partial charge in [0.15, 0.2) is 5.79 Å². The molecule has 0 aliphatic heterocycles. The Morgan fingerprint density at radius 3 is 1.84 bits per heavy atom. The zero-order chi connectivity index (χ0) is 19.4. The molecule has 3 nitrogen and oxygen atoms in total. The number of allylic oxidation sites excluding steroid dienone is 1. The van der Waals surface area contributed by atoms with E-state index in [-0.39, 0.29) is 0 Å². The number of rotatable bonds is 16. The van der Waals surface area contributed by atoms with E-state index >= 15 is 0 Å². The summed E-state index contributed by atoms with van der Waals surface area (Å²) in [4.78, 5) is 0. The van der Waals surface area contributed by atoms with Gasteiger partial charge in [0.2, 0.25) is 0 Å². The van der Waals surface area contributed by atoms with Crippen molar-refractivity contribution in [3.05, 3.63) is 12.7 Å². The van der Waals surface area contributed by atoms with Gasteiger partial charge in [0.25, 0.3) is 0 Å². The Kier molecular flexibility index (Phi) is 21.4. The fourth-order valence-corrected chi connectivity index (χ4v) is 3.06. The highest BCUT2D eigenvalue weighted by molar-refractivity contribution is 4.76. The van der Waals surface area contributed by atoms with Crippen molar-refractivity contribution < 1.29 is 14.2 Å². The van der Waals surface area contributed by atoms with E-state index in [0.717, 1.165) is 26.1 Å². The van der Waals surface area contributed by atoms with Crippen LogP contribution in [0.5, 0.6) is 0 Å². The summed E-state index contributed by atoms with van der Waals surface area (Å²) in [7, 11) is 0. The number of hydrogen-bond donors (Lipinski definition) is 0. The van der Waals surface area contributed by atoms with Crippen LogP contribution in [0.2, 0.25) is 0 Å². The highest BCUT2D eigenvalue weighted by Crippen LogP contribution is 2.31. The summed E-state index contributed by atoms with van der Waals surface area (Å²) < 4.78 is 17.5. The van der Waals surface area contributed by atoms with Gasteiger partial charge in [-0.05, 0) is 47.5 Å². The van der Waals surface area contributed by atoms with E-state index < -0.39 is 5.79 Å². The van der Waals surface area contributed by atoms with Crippen molar-refractivity contribution in [3.8, 4) is 0 Å². The highest BCUT2D eigenvalue weighted by Gasteiger charge is 2.35. The normalized spacial score (nSPS) is 12.4. The summed E-state index contributed by atoms with van der Waals surface area (Å²) in [5.41, 5.74) is 0. The molecule has 152 valence electrons. The highest BCUT2D eigenvalue weighted by atomic mass is 16.7. The minimum Gasteiger partial charge on any atom is -0.382 e. The predicted molar refractivity (Wildman–Crippen MR) is 110 cm³/mol. The molecule has 0 aromatic heterocycles. The van der Waals surface area contributed by atoms with E-state index in [0.29, 0.717) is 19.1 Å². The third kappa shape index (κ3) is 15.6. The summed E-state index contributed by atoms with van der Waals surface area (Å²) >= 11 is 0. The molecule has 0 rings (SSSR count). The van der Waals surface area contributed by atoms with Gasteiger partial charge < -0.3 is 14.2 Å². The topological polar surface area (TPSA) is 27.7 Å². The number of ether oxygens (including phenoxy) is 3. The SMILES string of the molecule is C=CC.CCCCCCCCC(CCOCC)C(C)(OCC)OCC. The van der Waals surface area contributed by atoms with Crippen LogP contribution in [-0.4, -0.2) is 32.2 Å². The van der Waals surface area contributed by atoms with Crippen LogP contribution in [0.15, 0.2) is 12.7 Å². The Balaban J connectivity index is 0. The quantitative estimate of drug-likeness (QED) is 0.173. The van der Waals surface area contributed by atoms with Gasteiger partial charge >= 0.3 is 0 Å². The molecule has 0 amide bonds. The molecule has 3 heteroatoms. The zero-order valence-electron chi connectivity index (χ0n) is 18.1. The molecule has 0 bridgehead atoms. The van der Waals surface area contributed by atoms with Crippen LogP contribution in [-0.2, 0) is 14.2 Å². The third-order valence-electron chi connectivity index (χ3n) is 4.32. The maximum atomic E-state index is 5.98. The molecule has 0 aromatic rings. The smallest absolute Gasteiger partial charge is 0.168 e. The summed E-state index contributed by atoms with van der Waals surface area (Å²) in [6, 6.07) is 0. The lowest BCUT2D eigenvalue weighted by atomic mass is 9.90. The molecule has 1 atom stereocenters. The van der Waals surface area contributed by atoms with Crippen molar-refractivity contribution in [2.75, 3.05) is 26.4 Å². The van der Waals surface area contributed by atoms with Gasteiger partial charge in [0.05, 0.1) is 0 Å². The van der Waals surface area contributed by atoms with Crippen molar-refractivity contribution in [1.82, 2.24) is 0 Å². The van der Waals surface area contributed by atoms with Gasteiger partial charge in [-0.1, -0.05) is 51.5 Å². The molecule has 0 saturated heterocycles. The molecule has 0 aliphatic carbocycles. The molecule has 0 N–H and O–H groups in total. The zero-order valence-corrected chi connectivity index (χ0v) is 18.1. The molecule has 25 heavy (non-hydrogen) atoms. The van der Waals surface area contributed by atoms with Crippen LogP contribution < -0.4 is 0 Å². The van der Waals surface area contributed by atoms with E-state index in [1.54, 1.807) is 6.08 Å². The Labute approximate surface area is 158 Å². The Hall–Kier alpha value is -0.380. The van der Waals surface area contributed by atoms with Crippen molar-refractivity contribution in [2.45, 2.75) is 98.7 Å². The minimum atomic E-state index is -0.468. The van der Waals surface area contributed by atoms with Crippen molar-refractivity contribution in [1.29, 1.82) is 0 Å².